The molecule has 2 aromatic rings. The lowest BCUT2D eigenvalue weighted by Gasteiger charge is -2.19. The first-order valence-electron chi connectivity index (χ1n) is 6.54. The Morgan fingerprint density at radius 2 is 2.33 bits per heavy atom. The number of hydrogen-bond acceptors (Lipinski definition) is 3. The zero-order chi connectivity index (χ0) is 12.7. The molecule has 0 amide bonds. The Morgan fingerprint density at radius 3 is 3.06 bits per heavy atom. The topological polar surface area (TPSA) is 57.9 Å². The van der Waals surface area contributed by atoms with Crippen molar-refractivity contribution in [2.75, 3.05) is 20.1 Å². The zero-order valence-electron chi connectivity index (χ0n) is 11.0. The Balaban J connectivity index is 1.96. The van der Waals surface area contributed by atoms with Gasteiger partial charge >= 0.3 is 0 Å². The van der Waals surface area contributed by atoms with E-state index < -0.39 is 0 Å². The Labute approximate surface area is 107 Å². The number of rotatable bonds is 2. The third kappa shape index (κ3) is 1.82. The Bertz CT molecular complexity index is 560. The molecule has 1 aliphatic rings. The molecule has 2 atom stereocenters. The molecule has 0 radical (unpaired) electrons. The van der Waals surface area contributed by atoms with Gasteiger partial charge in [-0.3, -0.25) is 10.00 Å². The molecule has 0 spiro atoms. The molecule has 18 heavy (non-hydrogen) atoms. The van der Waals surface area contributed by atoms with Crippen LogP contribution in [0.25, 0.3) is 10.9 Å². The minimum absolute atomic E-state index is 0.497. The number of likely N-dealkylation sites (tertiary alicyclic amines) is 1. The molecular weight excluding hydrogens is 224 g/mol. The number of aromatic nitrogens is 2. The number of nitrogens with one attached hydrogen (secondary N) is 1. The van der Waals surface area contributed by atoms with Gasteiger partial charge in [-0.2, -0.15) is 5.10 Å². The van der Waals surface area contributed by atoms with Crippen molar-refractivity contribution in [1.82, 2.24) is 15.1 Å². The van der Waals surface area contributed by atoms with Crippen LogP contribution in [0.4, 0.5) is 0 Å². The van der Waals surface area contributed by atoms with Gasteiger partial charge in [-0.1, -0.05) is 6.07 Å². The minimum Gasteiger partial charge on any atom is -0.330 e. The van der Waals surface area contributed by atoms with Crippen LogP contribution in [0.5, 0.6) is 0 Å². The van der Waals surface area contributed by atoms with Gasteiger partial charge in [0.05, 0.1) is 5.52 Å². The summed E-state index contributed by atoms with van der Waals surface area (Å²) in [5.74, 6) is 0.626. The molecule has 1 aromatic heterocycles. The number of aryl methyl sites for hydroxylation is 1. The Morgan fingerprint density at radius 1 is 1.50 bits per heavy atom. The van der Waals surface area contributed by atoms with Crippen LogP contribution in [-0.2, 0) is 0 Å². The fraction of sp³-hybridized carbons (Fsp3) is 0.500. The maximum Gasteiger partial charge on any atom is 0.0923 e. The molecule has 2 unspecified atom stereocenters. The number of aromatic amines is 1. The van der Waals surface area contributed by atoms with E-state index in [1.807, 2.05) is 0 Å². The van der Waals surface area contributed by atoms with Crippen LogP contribution in [0, 0.1) is 12.8 Å². The first-order valence-corrected chi connectivity index (χ1v) is 6.54. The molecule has 3 rings (SSSR count). The number of benzene rings is 1. The summed E-state index contributed by atoms with van der Waals surface area (Å²) in [6.07, 6.45) is 1.16. The summed E-state index contributed by atoms with van der Waals surface area (Å²) < 4.78 is 0. The normalized spacial score (nSPS) is 25.1. The van der Waals surface area contributed by atoms with Crippen LogP contribution >= 0.6 is 0 Å². The van der Waals surface area contributed by atoms with Crippen LogP contribution in [0.1, 0.15) is 23.7 Å². The largest absolute Gasteiger partial charge is 0.330 e. The van der Waals surface area contributed by atoms with E-state index in [1.54, 1.807) is 0 Å². The summed E-state index contributed by atoms with van der Waals surface area (Å²) in [5, 5.41) is 8.55. The van der Waals surface area contributed by atoms with Crippen LogP contribution in [-0.4, -0.2) is 35.2 Å². The molecule has 1 saturated heterocycles. The summed E-state index contributed by atoms with van der Waals surface area (Å²) in [7, 11) is 2.19. The smallest absolute Gasteiger partial charge is 0.0923 e. The van der Waals surface area contributed by atoms with Gasteiger partial charge in [-0.05, 0) is 50.6 Å². The predicted molar refractivity (Wildman–Crippen MR) is 73.4 cm³/mol. The van der Waals surface area contributed by atoms with Gasteiger partial charge < -0.3 is 5.73 Å². The highest BCUT2D eigenvalue weighted by atomic mass is 15.2. The molecule has 0 saturated carbocycles. The van der Waals surface area contributed by atoms with Crippen LogP contribution in [0.3, 0.4) is 0 Å². The van der Waals surface area contributed by atoms with Crippen molar-refractivity contribution >= 4 is 10.9 Å². The maximum atomic E-state index is 5.79. The summed E-state index contributed by atoms with van der Waals surface area (Å²) in [4.78, 5) is 2.41. The highest BCUT2D eigenvalue weighted by Crippen LogP contribution is 2.34. The lowest BCUT2D eigenvalue weighted by molar-refractivity contribution is 0.314. The van der Waals surface area contributed by atoms with Crippen LogP contribution in [0.2, 0.25) is 0 Å². The van der Waals surface area contributed by atoms with Crippen molar-refractivity contribution in [3.63, 3.8) is 0 Å². The van der Waals surface area contributed by atoms with Crippen LogP contribution in [0.15, 0.2) is 18.2 Å². The van der Waals surface area contributed by atoms with Crippen molar-refractivity contribution < 1.29 is 0 Å². The van der Waals surface area contributed by atoms with Gasteiger partial charge in [-0.25, -0.2) is 0 Å². The van der Waals surface area contributed by atoms with Crippen molar-refractivity contribution in [3.05, 3.63) is 29.5 Å². The van der Waals surface area contributed by atoms with E-state index in [0.717, 1.165) is 30.7 Å². The molecule has 1 fully saturated rings. The quantitative estimate of drug-likeness (QED) is 0.847. The standard InChI is InChI=1S/C14H20N4/c1-9-12-6-11(3-4-13(12)17-16-9)14-5-10(7-15)8-18(14)2/h3-4,6,10,14H,5,7-8,15H2,1-2H3,(H,16,17). The molecule has 2 heterocycles. The van der Waals surface area contributed by atoms with Gasteiger partial charge in [-0.15, -0.1) is 0 Å². The zero-order valence-corrected chi connectivity index (χ0v) is 11.0. The minimum atomic E-state index is 0.497. The average molecular weight is 244 g/mol. The van der Waals surface area contributed by atoms with Gasteiger partial charge in [0.25, 0.3) is 0 Å². The van der Waals surface area contributed by atoms with E-state index in [-0.39, 0.29) is 0 Å². The van der Waals surface area contributed by atoms with Crippen LogP contribution < -0.4 is 5.73 Å². The number of nitrogens with two attached hydrogens (primary N) is 1. The molecule has 1 aromatic carbocycles. The molecule has 4 heteroatoms. The number of H-pyrrole nitrogens is 1. The second-order valence-corrected chi connectivity index (χ2v) is 5.42. The maximum absolute atomic E-state index is 5.79. The summed E-state index contributed by atoms with van der Waals surface area (Å²) in [6.45, 7) is 3.96. The monoisotopic (exact) mass is 244 g/mol. The van der Waals surface area contributed by atoms with Gasteiger partial charge in [0.2, 0.25) is 0 Å². The Kier molecular flexibility index (Phi) is 2.84. The van der Waals surface area contributed by atoms with Gasteiger partial charge in [0.15, 0.2) is 0 Å². The molecule has 4 nitrogen and oxygen atoms in total. The summed E-state index contributed by atoms with van der Waals surface area (Å²) in [6, 6.07) is 7.08. The second-order valence-electron chi connectivity index (χ2n) is 5.42. The van der Waals surface area contributed by atoms with Gasteiger partial charge in [0.1, 0.15) is 0 Å². The average Bonchev–Trinajstić information content (AvgIpc) is 2.93. The van der Waals surface area contributed by atoms with E-state index in [0.29, 0.717) is 12.0 Å². The second kappa shape index (κ2) is 4.37. The van der Waals surface area contributed by atoms with Crippen molar-refractivity contribution in [1.29, 1.82) is 0 Å². The third-order valence-electron chi connectivity index (χ3n) is 4.12. The Hall–Kier alpha value is -1.39. The van der Waals surface area contributed by atoms with E-state index >= 15 is 0 Å². The highest BCUT2D eigenvalue weighted by molar-refractivity contribution is 5.81. The predicted octanol–water partition coefficient (Wildman–Crippen LogP) is 1.82. The number of nitrogens with zero attached hydrogens (tertiary/aromatic N) is 2. The molecule has 96 valence electrons. The van der Waals surface area contributed by atoms with Crippen molar-refractivity contribution in [2.45, 2.75) is 19.4 Å². The van der Waals surface area contributed by atoms with Crippen molar-refractivity contribution in [2.24, 2.45) is 11.7 Å². The molecule has 3 N–H and O–H groups in total. The van der Waals surface area contributed by atoms with E-state index in [2.05, 4.69) is 47.3 Å². The van der Waals surface area contributed by atoms with Crippen molar-refractivity contribution in [3.8, 4) is 0 Å². The highest BCUT2D eigenvalue weighted by Gasteiger charge is 2.29. The van der Waals surface area contributed by atoms with Gasteiger partial charge in [0, 0.05) is 23.7 Å². The SMILES string of the molecule is Cc1[nH]nc2ccc(C3CC(CN)CN3C)cc12. The molecule has 1 aliphatic heterocycles. The number of hydrogen-bond donors (Lipinski definition) is 2. The first kappa shape index (κ1) is 11.7. The molecule has 0 bridgehead atoms. The summed E-state index contributed by atoms with van der Waals surface area (Å²) in [5.41, 5.74) is 9.36. The fourth-order valence-electron chi connectivity index (χ4n) is 3.03. The first-order chi connectivity index (χ1) is 8.69. The molecular formula is C14H20N4. The number of fused-ring (bicyclic) bond motifs is 1. The molecule has 0 aliphatic carbocycles. The lowest BCUT2D eigenvalue weighted by Crippen LogP contribution is -2.20. The fourth-order valence-corrected chi connectivity index (χ4v) is 3.03. The third-order valence-corrected chi connectivity index (χ3v) is 4.12. The van der Waals surface area contributed by atoms with E-state index in [4.69, 9.17) is 5.73 Å². The van der Waals surface area contributed by atoms with E-state index in [1.165, 1.54) is 10.9 Å². The lowest BCUT2D eigenvalue weighted by atomic mass is 9.98. The van der Waals surface area contributed by atoms with E-state index in [9.17, 15) is 0 Å². The summed E-state index contributed by atoms with van der Waals surface area (Å²) >= 11 is 0.